The van der Waals surface area contributed by atoms with Gasteiger partial charge in [0.2, 0.25) is 0 Å². The van der Waals surface area contributed by atoms with E-state index in [0.29, 0.717) is 11.1 Å². The second kappa shape index (κ2) is 5.72. The molecule has 2 atom stereocenters. The lowest BCUT2D eigenvalue weighted by Crippen LogP contribution is -2.53. The highest BCUT2D eigenvalue weighted by Crippen LogP contribution is 2.38. The lowest BCUT2D eigenvalue weighted by molar-refractivity contribution is 0.0404. The van der Waals surface area contributed by atoms with Gasteiger partial charge in [-0.2, -0.15) is 0 Å². The molecule has 0 saturated heterocycles. The molecule has 0 bridgehead atoms. The first-order valence-corrected chi connectivity index (χ1v) is 7.42. The Morgan fingerprint density at radius 1 is 1.37 bits per heavy atom. The molecule has 0 radical (unpaired) electrons. The largest absolute Gasteiger partial charge is 0.487 e. The summed E-state index contributed by atoms with van der Waals surface area (Å²) in [6.45, 7) is 6.65. The summed E-state index contributed by atoms with van der Waals surface area (Å²) in [5.74, 6) is 0.801. The van der Waals surface area contributed by atoms with E-state index in [9.17, 15) is 0 Å². The molecule has 1 fully saturated rings. The fourth-order valence-electron chi connectivity index (χ4n) is 3.15. The van der Waals surface area contributed by atoms with Crippen molar-refractivity contribution in [2.75, 3.05) is 7.05 Å². The summed E-state index contributed by atoms with van der Waals surface area (Å²) in [6, 6.07) is 6.34. The van der Waals surface area contributed by atoms with Crippen LogP contribution < -0.4 is 10.1 Å². The number of halogens is 1. The van der Waals surface area contributed by atoms with Crippen LogP contribution in [0.15, 0.2) is 18.2 Å². The van der Waals surface area contributed by atoms with Crippen molar-refractivity contribution < 1.29 is 4.74 Å². The molecule has 2 nitrogen and oxygen atoms in total. The Labute approximate surface area is 121 Å². The van der Waals surface area contributed by atoms with Crippen LogP contribution in [0.2, 0.25) is 5.02 Å². The van der Waals surface area contributed by atoms with Gasteiger partial charge in [-0.25, -0.2) is 0 Å². The van der Waals surface area contributed by atoms with Crippen molar-refractivity contribution in [3.05, 3.63) is 28.8 Å². The molecule has 1 saturated carbocycles. The van der Waals surface area contributed by atoms with Gasteiger partial charge in [-0.05, 0) is 56.3 Å². The number of likely N-dealkylation sites (N-methyl/N-ethyl adjacent to an activating group) is 1. The number of ether oxygens (including phenoxy) is 1. The van der Waals surface area contributed by atoms with Gasteiger partial charge in [0.1, 0.15) is 11.9 Å². The third-order valence-electron chi connectivity index (χ3n) is 4.20. The fourth-order valence-corrected chi connectivity index (χ4v) is 3.43. The van der Waals surface area contributed by atoms with E-state index in [1.54, 1.807) is 0 Å². The molecule has 1 aromatic rings. The Kier molecular flexibility index (Phi) is 4.42. The molecule has 19 heavy (non-hydrogen) atoms. The summed E-state index contributed by atoms with van der Waals surface area (Å²) in [6.07, 6.45) is 3.72. The fraction of sp³-hybridized carbons (Fsp3) is 0.625. The van der Waals surface area contributed by atoms with Crippen LogP contribution in [0.25, 0.3) is 0 Å². The first-order valence-electron chi connectivity index (χ1n) is 7.04. The van der Waals surface area contributed by atoms with Crippen LogP contribution >= 0.6 is 11.6 Å². The first-order chi connectivity index (χ1) is 8.94. The average molecular weight is 282 g/mol. The molecule has 0 heterocycles. The lowest BCUT2D eigenvalue weighted by atomic mass is 9.72. The van der Waals surface area contributed by atoms with Crippen LogP contribution in [0, 0.1) is 12.3 Å². The van der Waals surface area contributed by atoms with Gasteiger partial charge in [0.05, 0.1) is 5.02 Å². The molecule has 0 spiro atoms. The molecule has 106 valence electrons. The molecule has 0 aliphatic heterocycles. The van der Waals surface area contributed by atoms with E-state index >= 15 is 0 Å². The summed E-state index contributed by atoms with van der Waals surface area (Å²) in [7, 11) is 2.02. The van der Waals surface area contributed by atoms with Crippen LogP contribution in [-0.2, 0) is 0 Å². The number of hydrogen-bond acceptors (Lipinski definition) is 2. The van der Waals surface area contributed by atoms with Gasteiger partial charge in [-0.3, -0.25) is 0 Å². The third-order valence-corrected chi connectivity index (χ3v) is 4.50. The smallest absolute Gasteiger partial charge is 0.138 e. The monoisotopic (exact) mass is 281 g/mol. The number of hydrogen-bond donors (Lipinski definition) is 1. The molecule has 3 heteroatoms. The van der Waals surface area contributed by atoms with Crippen LogP contribution in [-0.4, -0.2) is 19.2 Å². The minimum Gasteiger partial charge on any atom is -0.487 e. The average Bonchev–Trinajstić information content (AvgIpc) is 2.32. The van der Waals surface area contributed by atoms with Gasteiger partial charge in [-0.1, -0.05) is 31.5 Å². The lowest BCUT2D eigenvalue weighted by Gasteiger charge is -2.43. The van der Waals surface area contributed by atoms with Crippen molar-refractivity contribution in [2.24, 2.45) is 5.41 Å². The van der Waals surface area contributed by atoms with Gasteiger partial charge in [-0.15, -0.1) is 0 Å². The third kappa shape index (κ3) is 3.24. The van der Waals surface area contributed by atoms with Gasteiger partial charge >= 0.3 is 0 Å². The minimum atomic E-state index is 0.189. The van der Waals surface area contributed by atoms with E-state index in [1.165, 1.54) is 12.8 Å². The van der Waals surface area contributed by atoms with E-state index < -0.39 is 0 Å². The first kappa shape index (κ1) is 14.7. The summed E-state index contributed by atoms with van der Waals surface area (Å²) in [5, 5.41) is 4.13. The summed E-state index contributed by atoms with van der Waals surface area (Å²) >= 11 is 6.27. The zero-order valence-corrected chi connectivity index (χ0v) is 13.1. The van der Waals surface area contributed by atoms with Crippen LogP contribution in [0.4, 0.5) is 0 Å². The second-order valence-corrected chi connectivity index (χ2v) is 6.64. The highest BCUT2D eigenvalue weighted by atomic mass is 35.5. The molecule has 0 aromatic heterocycles. The number of rotatable bonds is 3. The zero-order valence-electron chi connectivity index (χ0n) is 12.3. The van der Waals surface area contributed by atoms with E-state index in [4.69, 9.17) is 16.3 Å². The highest BCUT2D eigenvalue weighted by molar-refractivity contribution is 6.32. The van der Waals surface area contributed by atoms with Crippen LogP contribution in [0.5, 0.6) is 5.75 Å². The van der Waals surface area contributed by atoms with Crippen molar-refractivity contribution in [2.45, 2.75) is 52.2 Å². The molecule has 1 aliphatic rings. The molecular weight excluding hydrogens is 258 g/mol. The topological polar surface area (TPSA) is 21.3 Å². The van der Waals surface area contributed by atoms with Crippen molar-refractivity contribution in [3.8, 4) is 5.75 Å². The molecule has 1 aromatic carbocycles. The maximum absolute atomic E-state index is 6.27. The Balaban J connectivity index is 2.17. The maximum atomic E-state index is 6.27. The normalized spacial score (nSPS) is 26.2. The zero-order chi connectivity index (χ0) is 14.0. The van der Waals surface area contributed by atoms with Gasteiger partial charge in [0.25, 0.3) is 0 Å². The molecular formula is C16H24ClNO. The summed E-state index contributed by atoms with van der Waals surface area (Å²) in [5.41, 5.74) is 1.42. The predicted molar refractivity (Wildman–Crippen MR) is 81.1 cm³/mol. The quantitative estimate of drug-likeness (QED) is 0.897. The predicted octanol–water partition coefficient (Wildman–Crippen LogP) is 4.19. The van der Waals surface area contributed by atoms with E-state index in [-0.39, 0.29) is 11.5 Å². The van der Waals surface area contributed by atoms with Crippen LogP contribution in [0.1, 0.15) is 38.7 Å². The Morgan fingerprint density at radius 2 is 2.11 bits per heavy atom. The van der Waals surface area contributed by atoms with E-state index in [2.05, 4.69) is 19.2 Å². The summed E-state index contributed by atoms with van der Waals surface area (Å²) < 4.78 is 6.19. The Morgan fingerprint density at radius 3 is 2.74 bits per heavy atom. The van der Waals surface area contributed by atoms with E-state index in [0.717, 1.165) is 17.7 Å². The number of nitrogens with one attached hydrogen (secondary N) is 1. The van der Waals surface area contributed by atoms with Gasteiger partial charge in [0, 0.05) is 6.04 Å². The van der Waals surface area contributed by atoms with Crippen molar-refractivity contribution in [3.63, 3.8) is 0 Å². The van der Waals surface area contributed by atoms with Crippen molar-refractivity contribution in [1.29, 1.82) is 0 Å². The van der Waals surface area contributed by atoms with Gasteiger partial charge < -0.3 is 10.1 Å². The van der Waals surface area contributed by atoms with Crippen molar-refractivity contribution in [1.82, 2.24) is 5.32 Å². The minimum absolute atomic E-state index is 0.189. The van der Waals surface area contributed by atoms with Crippen molar-refractivity contribution >= 4 is 11.6 Å². The SMILES string of the molecule is CNC1C(Oc2ccc(C)cc2Cl)CCCC1(C)C. The summed E-state index contributed by atoms with van der Waals surface area (Å²) in [4.78, 5) is 0. The molecule has 1 N–H and O–H groups in total. The number of aryl methyl sites for hydroxylation is 1. The number of benzene rings is 1. The highest BCUT2D eigenvalue weighted by Gasteiger charge is 2.39. The maximum Gasteiger partial charge on any atom is 0.138 e. The second-order valence-electron chi connectivity index (χ2n) is 6.24. The van der Waals surface area contributed by atoms with Gasteiger partial charge in [0.15, 0.2) is 0 Å². The Hall–Kier alpha value is -0.730. The molecule has 0 amide bonds. The molecule has 2 unspecified atom stereocenters. The van der Waals surface area contributed by atoms with Crippen LogP contribution in [0.3, 0.4) is 0 Å². The Bertz CT molecular complexity index is 444. The molecule has 2 rings (SSSR count). The molecule has 1 aliphatic carbocycles. The van der Waals surface area contributed by atoms with E-state index in [1.807, 2.05) is 32.2 Å². The standard InChI is InChI=1S/C16H24ClNO/c1-11-7-8-13(12(17)10-11)19-14-6-5-9-16(2,3)15(14)18-4/h7-8,10,14-15,18H,5-6,9H2,1-4H3.